The molecule has 6 nitrogen and oxygen atoms in total. The fourth-order valence-corrected chi connectivity index (χ4v) is 4.03. The third-order valence-electron chi connectivity index (χ3n) is 5.63. The van der Waals surface area contributed by atoms with E-state index < -0.39 is 0 Å². The van der Waals surface area contributed by atoms with E-state index in [0.717, 1.165) is 48.6 Å². The molecule has 26 heavy (non-hydrogen) atoms. The molecular formula is C20H28N6. The van der Waals surface area contributed by atoms with E-state index in [9.17, 15) is 0 Å². The van der Waals surface area contributed by atoms with Crippen LogP contribution in [0.5, 0.6) is 0 Å². The average molecular weight is 352 g/mol. The van der Waals surface area contributed by atoms with Gasteiger partial charge in [0, 0.05) is 37.4 Å². The van der Waals surface area contributed by atoms with E-state index in [-0.39, 0.29) is 5.41 Å². The van der Waals surface area contributed by atoms with Crippen LogP contribution in [0, 0.1) is 12.8 Å². The summed E-state index contributed by atoms with van der Waals surface area (Å²) in [6.45, 7) is 11.6. The molecule has 4 rings (SSSR count). The van der Waals surface area contributed by atoms with Gasteiger partial charge in [0.05, 0.1) is 11.7 Å². The van der Waals surface area contributed by atoms with E-state index in [2.05, 4.69) is 62.9 Å². The van der Waals surface area contributed by atoms with Crippen LogP contribution in [0.15, 0.2) is 24.5 Å². The minimum absolute atomic E-state index is 0.0312. The summed E-state index contributed by atoms with van der Waals surface area (Å²) in [7, 11) is 0. The zero-order valence-corrected chi connectivity index (χ0v) is 16.2. The van der Waals surface area contributed by atoms with E-state index in [1.807, 2.05) is 19.3 Å². The molecule has 4 heterocycles. The van der Waals surface area contributed by atoms with Gasteiger partial charge < -0.3 is 9.80 Å². The molecule has 2 aliphatic rings. The normalized spacial score (nSPS) is 23.2. The molecule has 2 unspecified atom stereocenters. The second-order valence-corrected chi connectivity index (χ2v) is 8.63. The van der Waals surface area contributed by atoms with Crippen molar-refractivity contribution in [1.82, 2.24) is 20.2 Å². The Morgan fingerprint density at radius 2 is 1.73 bits per heavy atom. The number of aryl methyl sites for hydroxylation is 1. The maximum atomic E-state index is 4.55. The highest BCUT2D eigenvalue weighted by atomic mass is 15.3. The van der Waals surface area contributed by atoms with Crippen molar-refractivity contribution in [2.24, 2.45) is 5.92 Å². The van der Waals surface area contributed by atoms with Crippen molar-refractivity contribution in [1.29, 1.82) is 0 Å². The van der Waals surface area contributed by atoms with Crippen molar-refractivity contribution >= 4 is 11.8 Å². The van der Waals surface area contributed by atoms with Gasteiger partial charge in [0.1, 0.15) is 0 Å². The number of hydrogen-bond donors (Lipinski definition) is 0. The van der Waals surface area contributed by atoms with Crippen molar-refractivity contribution in [3.05, 3.63) is 35.8 Å². The van der Waals surface area contributed by atoms with Gasteiger partial charge in [-0.1, -0.05) is 20.8 Å². The maximum Gasteiger partial charge on any atom is 0.225 e. The maximum absolute atomic E-state index is 4.55. The summed E-state index contributed by atoms with van der Waals surface area (Å²) < 4.78 is 0. The summed E-state index contributed by atoms with van der Waals surface area (Å²) in [4.78, 5) is 13.8. The standard InChI is InChI=1S/C20H28N6/c1-14-11-21-19(22-12-14)25-9-7-15-8-10-26(16(15)13-25)18-6-5-17(23-24-18)20(2,3)4/h5-6,11-12,15-16H,7-10,13H2,1-4H3. The molecule has 0 radical (unpaired) electrons. The Morgan fingerprint density at radius 3 is 2.38 bits per heavy atom. The smallest absolute Gasteiger partial charge is 0.225 e. The molecule has 0 saturated carbocycles. The van der Waals surface area contributed by atoms with Gasteiger partial charge in [-0.25, -0.2) is 9.97 Å². The van der Waals surface area contributed by atoms with Gasteiger partial charge in [-0.3, -0.25) is 0 Å². The number of aromatic nitrogens is 4. The third kappa shape index (κ3) is 3.24. The van der Waals surface area contributed by atoms with Gasteiger partial charge in [-0.15, -0.1) is 5.10 Å². The molecule has 0 amide bonds. The number of anilines is 2. The zero-order chi connectivity index (χ0) is 18.3. The Kier molecular flexibility index (Phi) is 4.29. The van der Waals surface area contributed by atoms with Gasteiger partial charge in [-0.05, 0) is 43.4 Å². The molecule has 6 heteroatoms. The van der Waals surface area contributed by atoms with Crippen molar-refractivity contribution in [3.8, 4) is 0 Å². The minimum atomic E-state index is 0.0312. The zero-order valence-electron chi connectivity index (χ0n) is 16.2. The highest BCUT2D eigenvalue weighted by Gasteiger charge is 2.39. The van der Waals surface area contributed by atoms with Crippen molar-refractivity contribution in [2.75, 3.05) is 29.4 Å². The monoisotopic (exact) mass is 352 g/mol. The van der Waals surface area contributed by atoms with Gasteiger partial charge in [0.2, 0.25) is 5.95 Å². The van der Waals surface area contributed by atoms with Crippen LogP contribution in [0.3, 0.4) is 0 Å². The van der Waals surface area contributed by atoms with Crippen LogP contribution in [0.25, 0.3) is 0 Å². The number of hydrogen-bond acceptors (Lipinski definition) is 6. The first-order valence-electron chi connectivity index (χ1n) is 9.56. The Balaban J connectivity index is 1.53. The summed E-state index contributed by atoms with van der Waals surface area (Å²) in [5, 5.41) is 9.04. The van der Waals surface area contributed by atoms with Crippen LogP contribution in [-0.4, -0.2) is 45.8 Å². The van der Waals surface area contributed by atoms with Crippen molar-refractivity contribution < 1.29 is 0 Å². The van der Waals surface area contributed by atoms with Gasteiger partial charge in [0.15, 0.2) is 5.82 Å². The van der Waals surface area contributed by atoms with Crippen LogP contribution in [0.1, 0.15) is 44.9 Å². The molecule has 2 aliphatic heterocycles. The first-order chi connectivity index (χ1) is 12.4. The quantitative estimate of drug-likeness (QED) is 0.828. The second kappa shape index (κ2) is 6.49. The second-order valence-electron chi connectivity index (χ2n) is 8.63. The lowest BCUT2D eigenvalue weighted by Gasteiger charge is -2.38. The van der Waals surface area contributed by atoms with Crippen LogP contribution < -0.4 is 9.80 Å². The number of fused-ring (bicyclic) bond motifs is 1. The molecule has 0 spiro atoms. The Bertz CT molecular complexity index is 749. The van der Waals surface area contributed by atoms with E-state index in [0.29, 0.717) is 6.04 Å². The Hall–Kier alpha value is -2.24. The molecule has 0 bridgehead atoms. The van der Waals surface area contributed by atoms with E-state index in [4.69, 9.17) is 0 Å². The molecule has 0 aromatic carbocycles. The van der Waals surface area contributed by atoms with E-state index >= 15 is 0 Å². The SMILES string of the molecule is Cc1cnc(N2CCC3CCN(c4ccc(C(C)(C)C)nn4)C3C2)nc1. The van der Waals surface area contributed by atoms with Gasteiger partial charge >= 0.3 is 0 Å². The molecule has 138 valence electrons. The Labute approximate surface area is 155 Å². The number of nitrogens with zero attached hydrogens (tertiary/aromatic N) is 6. The highest BCUT2D eigenvalue weighted by molar-refractivity contribution is 5.44. The van der Waals surface area contributed by atoms with Crippen LogP contribution >= 0.6 is 0 Å². The fourth-order valence-electron chi connectivity index (χ4n) is 4.03. The molecule has 0 aliphatic carbocycles. The highest BCUT2D eigenvalue weighted by Crippen LogP contribution is 2.35. The van der Waals surface area contributed by atoms with Gasteiger partial charge in [-0.2, -0.15) is 5.10 Å². The lowest BCUT2D eigenvalue weighted by molar-refractivity contribution is 0.386. The molecule has 2 saturated heterocycles. The molecule has 0 N–H and O–H groups in total. The minimum Gasteiger partial charge on any atom is -0.350 e. The summed E-state index contributed by atoms with van der Waals surface area (Å²) in [6.07, 6.45) is 6.22. The number of piperidine rings is 1. The molecule has 2 aromatic rings. The topological polar surface area (TPSA) is 58.0 Å². The van der Waals surface area contributed by atoms with Crippen LogP contribution in [0.2, 0.25) is 0 Å². The van der Waals surface area contributed by atoms with Gasteiger partial charge in [0.25, 0.3) is 0 Å². The lowest BCUT2D eigenvalue weighted by atomic mass is 9.92. The predicted octanol–water partition coefficient (Wildman–Crippen LogP) is 2.98. The fraction of sp³-hybridized carbons (Fsp3) is 0.600. The molecular weight excluding hydrogens is 324 g/mol. The first-order valence-corrected chi connectivity index (χ1v) is 9.56. The summed E-state index contributed by atoms with van der Waals surface area (Å²) in [6, 6.07) is 4.72. The lowest BCUT2D eigenvalue weighted by Crippen LogP contribution is -2.49. The van der Waals surface area contributed by atoms with E-state index in [1.165, 1.54) is 12.8 Å². The van der Waals surface area contributed by atoms with Crippen molar-refractivity contribution in [3.63, 3.8) is 0 Å². The summed E-state index contributed by atoms with van der Waals surface area (Å²) >= 11 is 0. The summed E-state index contributed by atoms with van der Waals surface area (Å²) in [5.41, 5.74) is 2.17. The summed E-state index contributed by atoms with van der Waals surface area (Å²) in [5.74, 6) is 2.56. The largest absolute Gasteiger partial charge is 0.350 e. The van der Waals surface area contributed by atoms with E-state index in [1.54, 1.807) is 0 Å². The Morgan fingerprint density at radius 1 is 1.00 bits per heavy atom. The average Bonchev–Trinajstić information content (AvgIpc) is 3.05. The molecule has 2 fully saturated rings. The van der Waals surface area contributed by atoms with Crippen LogP contribution in [0.4, 0.5) is 11.8 Å². The number of rotatable bonds is 2. The third-order valence-corrected chi connectivity index (χ3v) is 5.63. The molecule has 2 atom stereocenters. The predicted molar refractivity (Wildman–Crippen MR) is 104 cm³/mol. The van der Waals surface area contributed by atoms with Crippen LogP contribution in [-0.2, 0) is 5.41 Å². The first kappa shape index (κ1) is 17.2. The van der Waals surface area contributed by atoms with Crippen molar-refractivity contribution in [2.45, 2.75) is 52.0 Å². The molecule has 2 aromatic heterocycles.